The average molecular weight is 295 g/mol. The molecule has 1 aliphatic heterocycles. The van der Waals surface area contributed by atoms with Crippen molar-refractivity contribution < 1.29 is 4.74 Å². The van der Waals surface area contributed by atoms with Gasteiger partial charge in [-0.15, -0.1) is 11.6 Å². The molecule has 1 fully saturated rings. The predicted molar refractivity (Wildman–Crippen MR) is 79.2 cm³/mol. The summed E-state index contributed by atoms with van der Waals surface area (Å²) in [5, 5.41) is 0. The van der Waals surface area contributed by atoms with Gasteiger partial charge >= 0.3 is 0 Å². The van der Waals surface area contributed by atoms with E-state index in [1.165, 1.54) is 0 Å². The maximum absolute atomic E-state index is 5.89. The molecule has 2 aromatic rings. The fourth-order valence-electron chi connectivity index (χ4n) is 2.62. The van der Waals surface area contributed by atoms with E-state index in [0.29, 0.717) is 5.88 Å². The summed E-state index contributed by atoms with van der Waals surface area (Å²) in [6, 6.07) is 2.03. The molecule has 0 aliphatic carbocycles. The molecule has 0 saturated carbocycles. The van der Waals surface area contributed by atoms with E-state index in [9.17, 15) is 0 Å². The number of rotatable bonds is 5. The summed E-state index contributed by atoms with van der Waals surface area (Å²) in [7, 11) is 0. The van der Waals surface area contributed by atoms with Gasteiger partial charge in [-0.3, -0.25) is 9.88 Å². The van der Waals surface area contributed by atoms with Gasteiger partial charge in [0.25, 0.3) is 0 Å². The first-order valence-electron chi connectivity index (χ1n) is 7.03. The van der Waals surface area contributed by atoms with Gasteiger partial charge in [0.15, 0.2) is 0 Å². The first-order valence-corrected chi connectivity index (χ1v) is 7.57. The Morgan fingerprint density at radius 3 is 2.90 bits per heavy atom. The molecule has 0 bridgehead atoms. The van der Waals surface area contributed by atoms with Gasteiger partial charge in [0.1, 0.15) is 11.3 Å². The zero-order valence-electron chi connectivity index (χ0n) is 11.5. The first-order chi connectivity index (χ1) is 9.88. The van der Waals surface area contributed by atoms with E-state index < -0.39 is 0 Å². The Morgan fingerprint density at radius 1 is 1.25 bits per heavy atom. The zero-order valence-corrected chi connectivity index (χ0v) is 12.2. The lowest BCUT2D eigenvalue weighted by Crippen LogP contribution is -2.38. The molecule has 0 radical (unpaired) electrons. The van der Waals surface area contributed by atoms with Crippen LogP contribution in [-0.2, 0) is 17.7 Å². The topological polar surface area (TPSA) is 43.2 Å². The van der Waals surface area contributed by atoms with Gasteiger partial charge in [-0.2, -0.15) is 0 Å². The van der Waals surface area contributed by atoms with Gasteiger partial charge in [0.2, 0.25) is 0 Å². The lowest BCUT2D eigenvalue weighted by Gasteiger charge is -2.26. The van der Waals surface area contributed by atoms with Crippen molar-refractivity contribution in [2.45, 2.75) is 13.0 Å². The molecule has 1 saturated heterocycles. The zero-order chi connectivity index (χ0) is 13.8. The quantitative estimate of drug-likeness (QED) is 0.785. The fourth-order valence-corrected chi connectivity index (χ4v) is 2.79. The van der Waals surface area contributed by atoms with E-state index in [-0.39, 0.29) is 0 Å². The van der Waals surface area contributed by atoms with Crippen LogP contribution in [0.1, 0.15) is 5.82 Å². The number of halogens is 1. The summed E-state index contributed by atoms with van der Waals surface area (Å²) in [4.78, 5) is 11.2. The highest BCUT2D eigenvalue weighted by molar-refractivity contribution is 6.17. The molecule has 108 valence electrons. The molecule has 0 unspecified atom stereocenters. The lowest BCUT2D eigenvalue weighted by atomic mass is 10.3. The highest BCUT2D eigenvalue weighted by Crippen LogP contribution is 2.16. The van der Waals surface area contributed by atoms with Crippen molar-refractivity contribution in [3.05, 3.63) is 24.3 Å². The molecule has 6 heteroatoms. The molecule has 0 N–H and O–H groups in total. The van der Waals surface area contributed by atoms with Gasteiger partial charge in [0, 0.05) is 44.7 Å². The Labute approximate surface area is 123 Å². The summed E-state index contributed by atoms with van der Waals surface area (Å²) in [5.41, 5.74) is 2.10. The first kappa shape index (κ1) is 13.8. The third-order valence-electron chi connectivity index (χ3n) is 3.69. The molecule has 5 nitrogen and oxygen atoms in total. The molecule has 20 heavy (non-hydrogen) atoms. The number of ether oxygens (including phenoxy) is 1. The van der Waals surface area contributed by atoms with Crippen LogP contribution in [0.5, 0.6) is 0 Å². The number of alkyl halides is 1. The largest absolute Gasteiger partial charge is 0.379 e. The van der Waals surface area contributed by atoms with Crippen LogP contribution in [0.4, 0.5) is 0 Å². The summed E-state index contributed by atoms with van der Waals surface area (Å²) < 4.78 is 7.66. The number of aryl methyl sites for hydroxylation is 1. The normalized spacial score (nSPS) is 16.9. The monoisotopic (exact) mass is 294 g/mol. The molecular weight excluding hydrogens is 276 g/mol. The van der Waals surface area contributed by atoms with Crippen LogP contribution in [0.3, 0.4) is 0 Å². The van der Waals surface area contributed by atoms with Crippen molar-refractivity contribution >= 4 is 22.6 Å². The smallest absolute Gasteiger partial charge is 0.111 e. The molecule has 0 atom stereocenters. The lowest BCUT2D eigenvalue weighted by molar-refractivity contribution is 0.0364. The standard InChI is InChI=1S/C14H19ClN4O/c15-3-1-14-17-12-11-16-4-2-13(12)19(14)6-5-18-7-9-20-10-8-18/h2,4,11H,1,3,5-10H2. The van der Waals surface area contributed by atoms with Crippen LogP contribution < -0.4 is 0 Å². The van der Waals surface area contributed by atoms with Crippen molar-refractivity contribution in [2.24, 2.45) is 0 Å². The number of hydrogen-bond acceptors (Lipinski definition) is 4. The molecule has 2 aromatic heterocycles. The third-order valence-corrected chi connectivity index (χ3v) is 3.88. The molecule has 3 rings (SSSR count). The molecule has 3 heterocycles. The van der Waals surface area contributed by atoms with Gasteiger partial charge in [-0.05, 0) is 6.07 Å². The van der Waals surface area contributed by atoms with Crippen molar-refractivity contribution in [3.8, 4) is 0 Å². The van der Waals surface area contributed by atoms with E-state index in [1.54, 1.807) is 0 Å². The van der Waals surface area contributed by atoms with E-state index in [2.05, 4.69) is 19.4 Å². The highest BCUT2D eigenvalue weighted by Gasteiger charge is 2.13. The average Bonchev–Trinajstić information content (AvgIpc) is 2.84. The van der Waals surface area contributed by atoms with Crippen molar-refractivity contribution in [2.75, 3.05) is 38.7 Å². The van der Waals surface area contributed by atoms with Gasteiger partial charge in [0.05, 0.1) is 24.9 Å². The van der Waals surface area contributed by atoms with Crippen molar-refractivity contribution in [3.63, 3.8) is 0 Å². The van der Waals surface area contributed by atoms with Crippen LogP contribution in [0.15, 0.2) is 18.5 Å². The van der Waals surface area contributed by atoms with Gasteiger partial charge in [-0.25, -0.2) is 4.98 Å². The van der Waals surface area contributed by atoms with E-state index in [4.69, 9.17) is 16.3 Å². The van der Waals surface area contributed by atoms with Crippen LogP contribution in [0.25, 0.3) is 11.0 Å². The molecule has 0 spiro atoms. The second kappa shape index (κ2) is 6.52. The van der Waals surface area contributed by atoms with Crippen LogP contribution in [0.2, 0.25) is 0 Å². The Morgan fingerprint density at radius 2 is 2.10 bits per heavy atom. The molecular formula is C14H19ClN4O. The van der Waals surface area contributed by atoms with Crippen LogP contribution >= 0.6 is 11.6 Å². The predicted octanol–water partition coefficient (Wildman–Crippen LogP) is 1.54. The summed E-state index contributed by atoms with van der Waals surface area (Å²) in [6.07, 6.45) is 4.43. The molecule has 0 amide bonds. The van der Waals surface area contributed by atoms with Gasteiger partial charge in [-0.1, -0.05) is 0 Å². The van der Waals surface area contributed by atoms with E-state index in [0.717, 1.165) is 62.7 Å². The number of morpholine rings is 1. The summed E-state index contributed by atoms with van der Waals surface area (Å²) in [6.45, 7) is 5.66. The SMILES string of the molecule is ClCCc1nc2cnccc2n1CCN1CCOCC1. The summed E-state index contributed by atoms with van der Waals surface area (Å²) >= 11 is 5.89. The second-order valence-corrected chi connectivity index (χ2v) is 5.32. The maximum atomic E-state index is 5.89. The minimum absolute atomic E-state index is 0.592. The highest BCUT2D eigenvalue weighted by atomic mass is 35.5. The fraction of sp³-hybridized carbons (Fsp3) is 0.571. The number of pyridine rings is 1. The minimum Gasteiger partial charge on any atom is -0.379 e. The molecule has 1 aliphatic rings. The third kappa shape index (κ3) is 2.95. The Kier molecular flexibility index (Phi) is 4.50. The molecule has 0 aromatic carbocycles. The van der Waals surface area contributed by atoms with Crippen molar-refractivity contribution in [1.82, 2.24) is 19.4 Å². The number of imidazole rings is 1. The van der Waals surface area contributed by atoms with E-state index in [1.807, 2.05) is 18.5 Å². The van der Waals surface area contributed by atoms with Crippen LogP contribution in [-0.4, -0.2) is 58.2 Å². The van der Waals surface area contributed by atoms with Crippen molar-refractivity contribution in [1.29, 1.82) is 0 Å². The number of nitrogens with zero attached hydrogens (tertiary/aromatic N) is 4. The van der Waals surface area contributed by atoms with Crippen LogP contribution in [0, 0.1) is 0 Å². The minimum atomic E-state index is 0.592. The Hall–Kier alpha value is -1.17. The Bertz CT molecular complexity index is 565. The number of fused-ring (bicyclic) bond motifs is 1. The van der Waals surface area contributed by atoms with Gasteiger partial charge < -0.3 is 9.30 Å². The Balaban J connectivity index is 1.79. The maximum Gasteiger partial charge on any atom is 0.111 e. The van der Waals surface area contributed by atoms with E-state index >= 15 is 0 Å². The number of hydrogen-bond donors (Lipinski definition) is 0. The summed E-state index contributed by atoms with van der Waals surface area (Å²) in [5.74, 6) is 1.64. The second-order valence-electron chi connectivity index (χ2n) is 4.94. The number of aromatic nitrogens is 3.